The highest BCUT2D eigenvalue weighted by molar-refractivity contribution is 7.15. The second kappa shape index (κ2) is 5.68. The van der Waals surface area contributed by atoms with E-state index in [0.29, 0.717) is 0 Å². The summed E-state index contributed by atoms with van der Waals surface area (Å²) in [5.74, 6) is 0. The van der Waals surface area contributed by atoms with Gasteiger partial charge < -0.3 is 5.32 Å². The van der Waals surface area contributed by atoms with Crippen LogP contribution >= 0.6 is 11.3 Å². The standard InChI is InChI=1S/C14H17N5S/c1-3-15-12(13-8-16-10(2)7-17-13)6-11-9-19-4-5-20-14(19)18-11/h4-5,7-9,12,15H,3,6H2,1-2H3. The van der Waals surface area contributed by atoms with Crippen molar-refractivity contribution in [1.82, 2.24) is 24.7 Å². The molecule has 6 heteroatoms. The molecule has 0 fully saturated rings. The topological polar surface area (TPSA) is 55.1 Å². The number of nitrogens with zero attached hydrogens (tertiary/aromatic N) is 4. The van der Waals surface area contributed by atoms with E-state index in [1.54, 1.807) is 11.3 Å². The second-order valence-corrected chi connectivity index (χ2v) is 5.60. The number of fused-ring (bicyclic) bond motifs is 1. The highest BCUT2D eigenvalue weighted by Gasteiger charge is 2.15. The van der Waals surface area contributed by atoms with E-state index >= 15 is 0 Å². The summed E-state index contributed by atoms with van der Waals surface area (Å²) in [5.41, 5.74) is 2.98. The minimum atomic E-state index is 0.151. The van der Waals surface area contributed by atoms with Crippen molar-refractivity contribution >= 4 is 16.3 Å². The van der Waals surface area contributed by atoms with Crippen molar-refractivity contribution < 1.29 is 0 Å². The van der Waals surface area contributed by atoms with E-state index in [2.05, 4.69) is 37.8 Å². The lowest BCUT2D eigenvalue weighted by molar-refractivity contribution is 0.530. The normalized spacial score (nSPS) is 12.9. The average Bonchev–Trinajstić information content (AvgIpc) is 3.00. The molecule has 1 unspecified atom stereocenters. The molecule has 20 heavy (non-hydrogen) atoms. The fraction of sp³-hybridized carbons (Fsp3) is 0.357. The van der Waals surface area contributed by atoms with E-state index in [9.17, 15) is 0 Å². The molecule has 0 radical (unpaired) electrons. The molecule has 0 aliphatic carbocycles. The Bertz CT molecular complexity index is 656. The highest BCUT2D eigenvalue weighted by Crippen LogP contribution is 2.18. The van der Waals surface area contributed by atoms with Gasteiger partial charge in [-0.05, 0) is 13.5 Å². The van der Waals surface area contributed by atoms with Gasteiger partial charge in [0.1, 0.15) is 0 Å². The Morgan fingerprint density at radius 2 is 2.25 bits per heavy atom. The van der Waals surface area contributed by atoms with Crippen molar-refractivity contribution in [3.8, 4) is 0 Å². The van der Waals surface area contributed by atoms with Gasteiger partial charge in [0.2, 0.25) is 0 Å². The molecule has 104 valence electrons. The molecule has 0 bridgehead atoms. The maximum Gasteiger partial charge on any atom is 0.193 e. The summed E-state index contributed by atoms with van der Waals surface area (Å²) in [7, 11) is 0. The van der Waals surface area contributed by atoms with Crippen LogP contribution in [0.15, 0.2) is 30.2 Å². The van der Waals surface area contributed by atoms with E-state index in [1.807, 2.05) is 30.9 Å². The van der Waals surface area contributed by atoms with Gasteiger partial charge in [-0.2, -0.15) is 0 Å². The Morgan fingerprint density at radius 3 is 2.95 bits per heavy atom. The van der Waals surface area contributed by atoms with Crippen LogP contribution in [-0.2, 0) is 6.42 Å². The number of hydrogen-bond donors (Lipinski definition) is 1. The van der Waals surface area contributed by atoms with Crippen LogP contribution in [0.2, 0.25) is 0 Å². The molecular formula is C14H17N5S. The number of rotatable bonds is 5. The first-order valence-electron chi connectivity index (χ1n) is 6.69. The number of likely N-dealkylation sites (N-methyl/N-ethyl adjacent to an activating group) is 1. The van der Waals surface area contributed by atoms with Crippen molar-refractivity contribution in [3.05, 3.63) is 47.2 Å². The zero-order valence-corrected chi connectivity index (χ0v) is 12.4. The number of nitrogens with one attached hydrogen (secondary N) is 1. The summed E-state index contributed by atoms with van der Waals surface area (Å²) in [6, 6.07) is 0.151. The van der Waals surface area contributed by atoms with Crippen LogP contribution in [0.5, 0.6) is 0 Å². The molecule has 3 aromatic rings. The van der Waals surface area contributed by atoms with Crippen LogP contribution < -0.4 is 5.32 Å². The fourth-order valence-electron chi connectivity index (χ4n) is 2.19. The molecule has 1 atom stereocenters. The Morgan fingerprint density at radius 1 is 1.35 bits per heavy atom. The number of hydrogen-bond acceptors (Lipinski definition) is 5. The molecular weight excluding hydrogens is 270 g/mol. The van der Waals surface area contributed by atoms with Gasteiger partial charge in [0, 0.05) is 30.4 Å². The van der Waals surface area contributed by atoms with Crippen molar-refractivity contribution in [1.29, 1.82) is 0 Å². The van der Waals surface area contributed by atoms with Crippen LogP contribution in [0.3, 0.4) is 0 Å². The van der Waals surface area contributed by atoms with Crippen molar-refractivity contribution in [2.45, 2.75) is 26.3 Å². The maximum atomic E-state index is 4.63. The molecule has 0 saturated carbocycles. The lowest BCUT2D eigenvalue weighted by Crippen LogP contribution is -2.24. The predicted octanol–water partition coefficient (Wildman–Crippen LogP) is 2.39. The van der Waals surface area contributed by atoms with Crippen molar-refractivity contribution in [3.63, 3.8) is 0 Å². The quantitative estimate of drug-likeness (QED) is 0.783. The summed E-state index contributed by atoms with van der Waals surface area (Å²) in [6.45, 7) is 4.94. The summed E-state index contributed by atoms with van der Waals surface area (Å²) in [6.07, 6.45) is 8.59. The third kappa shape index (κ3) is 2.71. The third-order valence-corrected chi connectivity index (χ3v) is 3.94. The largest absolute Gasteiger partial charge is 0.309 e. The number of aryl methyl sites for hydroxylation is 1. The SMILES string of the molecule is CCNC(Cc1cn2ccsc2n1)c1cnc(C)cn1. The molecule has 5 nitrogen and oxygen atoms in total. The smallest absolute Gasteiger partial charge is 0.193 e. The second-order valence-electron chi connectivity index (χ2n) is 4.72. The number of thiazole rings is 1. The van der Waals surface area contributed by atoms with Gasteiger partial charge in [-0.3, -0.25) is 14.4 Å². The molecule has 3 aromatic heterocycles. The minimum absolute atomic E-state index is 0.151. The molecule has 0 aromatic carbocycles. The van der Waals surface area contributed by atoms with Gasteiger partial charge in [-0.1, -0.05) is 6.92 Å². The van der Waals surface area contributed by atoms with E-state index in [0.717, 1.165) is 35.0 Å². The Labute approximate surface area is 121 Å². The molecule has 0 aliphatic heterocycles. The predicted molar refractivity (Wildman–Crippen MR) is 80.0 cm³/mol. The van der Waals surface area contributed by atoms with Gasteiger partial charge in [0.25, 0.3) is 0 Å². The maximum absolute atomic E-state index is 4.63. The molecule has 3 heterocycles. The summed E-state index contributed by atoms with van der Waals surface area (Å²) in [5, 5.41) is 5.50. The molecule has 1 N–H and O–H groups in total. The lowest BCUT2D eigenvalue weighted by atomic mass is 10.1. The van der Waals surface area contributed by atoms with Crippen LogP contribution in [0, 0.1) is 6.92 Å². The number of imidazole rings is 1. The Balaban J connectivity index is 1.83. The summed E-state index contributed by atoms with van der Waals surface area (Å²) >= 11 is 1.65. The van der Waals surface area contributed by atoms with Crippen LogP contribution in [-0.4, -0.2) is 25.9 Å². The first-order chi connectivity index (χ1) is 9.76. The fourth-order valence-corrected chi connectivity index (χ4v) is 2.91. The monoisotopic (exact) mass is 287 g/mol. The van der Waals surface area contributed by atoms with Gasteiger partial charge in [0.05, 0.1) is 29.3 Å². The molecule has 0 spiro atoms. The zero-order chi connectivity index (χ0) is 13.9. The molecule has 0 saturated heterocycles. The first kappa shape index (κ1) is 13.2. The highest BCUT2D eigenvalue weighted by atomic mass is 32.1. The number of aromatic nitrogens is 4. The van der Waals surface area contributed by atoms with Crippen molar-refractivity contribution in [2.24, 2.45) is 0 Å². The van der Waals surface area contributed by atoms with E-state index in [1.165, 1.54) is 0 Å². The first-order valence-corrected chi connectivity index (χ1v) is 7.57. The van der Waals surface area contributed by atoms with Crippen LogP contribution in [0.1, 0.15) is 30.0 Å². The Kier molecular flexibility index (Phi) is 3.75. The lowest BCUT2D eigenvalue weighted by Gasteiger charge is -2.15. The van der Waals surface area contributed by atoms with Gasteiger partial charge in [0.15, 0.2) is 4.96 Å². The van der Waals surface area contributed by atoms with Gasteiger partial charge in [-0.15, -0.1) is 11.3 Å². The van der Waals surface area contributed by atoms with Crippen molar-refractivity contribution in [2.75, 3.05) is 6.54 Å². The summed E-state index contributed by atoms with van der Waals surface area (Å²) < 4.78 is 2.06. The zero-order valence-electron chi connectivity index (χ0n) is 11.6. The average molecular weight is 287 g/mol. The molecule has 3 rings (SSSR count). The molecule has 0 aliphatic rings. The third-order valence-electron chi connectivity index (χ3n) is 3.16. The Hall–Kier alpha value is -1.79. The van der Waals surface area contributed by atoms with E-state index in [4.69, 9.17) is 0 Å². The molecule has 0 amide bonds. The van der Waals surface area contributed by atoms with Crippen LogP contribution in [0.25, 0.3) is 4.96 Å². The minimum Gasteiger partial charge on any atom is -0.309 e. The van der Waals surface area contributed by atoms with Gasteiger partial charge >= 0.3 is 0 Å². The van der Waals surface area contributed by atoms with E-state index in [-0.39, 0.29) is 6.04 Å². The van der Waals surface area contributed by atoms with Crippen LogP contribution in [0.4, 0.5) is 0 Å². The van der Waals surface area contributed by atoms with E-state index < -0.39 is 0 Å². The van der Waals surface area contributed by atoms with Gasteiger partial charge in [-0.25, -0.2) is 4.98 Å². The summed E-state index contributed by atoms with van der Waals surface area (Å²) in [4.78, 5) is 14.5.